The van der Waals surface area contributed by atoms with Crippen LogP contribution in [0.15, 0.2) is 91.5 Å². The fraction of sp³-hybridized carbons (Fsp3) is 0.222. The van der Waals surface area contributed by atoms with E-state index in [4.69, 9.17) is 4.74 Å². The molecule has 0 amide bonds. The molecular formula is C27H28O2. The maximum Gasteiger partial charge on any atom is 0.313 e. The van der Waals surface area contributed by atoms with Gasteiger partial charge in [-0.3, -0.25) is 4.79 Å². The van der Waals surface area contributed by atoms with Crippen molar-refractivity contribution in [2.45, 2.75) is 26.2 Å². The first-order valence-electron chi connectivity index (χ1n) is 10.2. The normalized spacial score (nSPS) is 11.6. The molecule has 29 heavy (non-hydrogen) atoms. The van der Waals surface area contributed by atoms with Crippen LogP contribution in [0.2, 0.25) is 0 Å². The molecule has 2 heteroatoms. The van der Waals surface area contributed by atoms with Crippen LogP contribution in [0.1, 0.15) is 30.9 Å². The van der Waals surface area contributed by atoms with E-state index in [2.05, 4.69) is 43.0 Å². The maximum absolute atomic E-state index is 12.6. The Hall–Kier alpha value is -3.13. The Balaban J connectivity index is 1.70. The number of esters is 1. The lowest BCUT2D eigenvalue weighted by Gasteiger charge is -2.19. The van der Waals surface area contributed by atoms with Crippen molar-refractivity contribution >= 4 is 11.5 Å². The van der Waals surface area contributed by atoms with Crippen LogP contribution in [0.5, 0.6) is 0 Å². The monoisotopic (exact) mass is 384 g/mol. The Morgan fingerprint density at radius 3 is 2.07 bits per heavy atom. The molecule has 0 heterocycles. The largest absolute Gasteiger partial charge is 0.466 e. The Bertz CT molecular complexity index is 912. The number of ether oxygens (including phenoxy) is 1. The fourth-order valence-electron chi connectivity index (χ4n) is 3.54. The van der Waals surface area contributed by atoms with E-state index in [9.17, 15) is 4.79 Å². The van der Waals surface area contributed by atoms with Gasteiger partial charge < -0.3 is 4.74 Å². The van der Waals surface area contributed by atoms with Gasteiger partial charge in [0.2, 0.25) is 0 Å². The number of carbonyl (C=O) groups is 1. The quantitative estimate of drug-likeness (QED) is 0.390. The van der Waals surface area contributed by atoms with Gasteiger partial charge in [0.1, 0.15) is 0 Å². The highest BCUT2D eigenvalue weighted by molar-refractivity contribution is 5.88. The lowest BCUT2D eigenvalue weighted by molar-refractivity contribution is -0.146. The molecule has 0 bridgehead atoms. The van der Waals surface area contributed by atoms with Gasteiger partial charge in [0.05, 0.1) is 12.5 Å². The van der Waals surface area contributed by atoms with Crippen molar-refractivity contribution in [3.8, 4) is 11.1 Å². The Kier molecular flexibility index (Phi) is 7.40. The van der Waals surface area contributed by atoms with Crippen molar-refractivity contribution < 1.29 is 9.53 Å². The lowest BCUT2D eigenvalue weighted by atomic mass is 9.88. The molecule has 0 saturated heterocycles. The summed E-state index contributed by atoms with van der Waals surface area (Å²) in [4.78, 5) is 12.6. The van der Waals surface area contributed by atoms with E-state index in [0.29, 0.717) is 6.61 Å². The van der Waals surface area contributed by atoms with Gasteiger partial charge in [0, 0.05) is 0 Å². The molecule has 0 aliphatic rings. The summed E-state index contributed by atoms with van der Waals surface area (Å²) in [6, 6.07) is 28.9. The van der Waals surface area contributed by atoms with Crippen molar-refractivity contribution in [1.29, 1.82) is 0 Å². The Morgan fingerprint density at radius 2 is 1.45 bits per heavy atom. The molecule has 0 aliphatic heterocycles. The Morgan fingerprint density at radius 1 is 0.862 bits per heavy atom. The molecule has 0 radical (unpaired) electrons. The highest BCUT2D eigenvalue weighted by atomic mass is 16.5. The summed E-state index contributed by atoms with van der Waals surface area (Å²) < 4.78 is 5.34. The van der Waals surface area contributed by atoms with E-state index in [0.717, 1.165) is 36.0 Å². The summed E-state index contributed by atoms with van der Waals surface area (Å²) in [6.45, 7) is 6.48. The van der Waals surface area contributed by atoms with Gasteiger partial charge >= 0.3 is 5.97 Å². The van der Waals surface area contributed by atoms with Crippen LogP contribution in [-0.2, 0) is 16.0 Å². The molecule has 3 aromatic rings. The summed E-state index contributed by atoms with van der Waals surface area (Å²) in [6.07, 6.45) is 2.58. The van der Waals surface area contributed by atoms with E-state index in [1.165, 1.54) is 11.1 Å². The molecule has 0 spiro atoms. The number of hydrogen-bond acceptors (Lipinski definition) is 2. The van der Waals surface area contributed by atoms with Crippen LogP contribution in [0, 0.1) is 5.92 Å². The summed E-state index contributed by atoms with van der Waals surface area (Å²) in [5, 5.41) is 0. The number of carbonyl (C=O) groups excluding carboxylic acids is 1. The number of benzene rings is 3. The van der Waals surface area contributed by atoms with E-state index < -0.39 is 0 Å². The van der Waals surface area contributed by atoms with Gasteiger partial charge in [-0.2, -0.15) is 0 Å². The number of aryl methyl sites for hydroxylation is 1. The highest BCUT2D eigenvalue weighted by Crippen LogP contribution is 2.29. The van der Waals surface area contributed by atoms with Crippen LogP contribution in [0.4, 0.5) is 0 Å². The van der Waals surface area contributed by atoms with E-state index in [-0.39, 0.29) is 11.9 Å². The van der Waals surface area contributed by atoms with Crippen molar-refractivity contribution in [3.05, 3.63) is 103 Å². The summed E-state index contributed by atoms with van der Waals surface area (Å²) >= 11 is 0. The second-order valence-corrected chi connectivity index (χ2v) is 7.15. The number of hydrogen-bond donors (Lipinski definition) is 0. The summed E-state index contributed by atoms with van der Waals surface area (Å²) in [7, 11) is 0. The molecule has 3 aromatic carbocycles. The van der Waals surface area contributed by atoms with E-state index in [1.54, 1.807) is 0 Å². The van der Waals surface area contributed by atoms with Crippen LogP contribution in [0.25, 0.3) is 16.7 Å². The zero-order chi connectivity index (χ0) is 20.5. The topological polar surface area (TPSA) is 26.3 Å². The van der Waals surface area contributed by atoms with Gasteiger partial charge in [-0.05, 0) is 54.0 Å². The molecule has 0 aromatic heterocycles. The molecule has 2 nitrogen and oxygen atoms in total. The first-order chi connectivity index (χ1) is 14.2. The smallest absolute Gasteiger partial charge is 0.313 e. The predicted octanol–water partition coefficient (Wildman–Crippen LogP) is 6.57. The van der Waals surface area contributed by atoms with Crippen LogP contribution >= 0.6 is 0 Å². The molecule has 0 aliphatic carbocycles. The first kappa shape index (κ1) is 20.6. The molecule has 148 valence electrons. The van der Waals surface area contributed by atoms with Crippen LogP contribution in [0.3, 0.4) is 0 Å². The minimum absolute atomic E-state index is 0.183. The summed E-state index contributed by atoms with van der Waals surface area (Å²) in [5.74, 6) is -0.501. The average molecular weight is 385 g/mol. The molecule has 1 atom stereocenters. The van der Waals surface area contributed by atoms with Crippen molar-refractivity contribution in [2.75, 3.05) is 6.61 Å². The third-order valence-electron chi connectivity index (χ3n) is 5.16. The van der Waals surface area contributed by atoms with Gasteiger partial charge in [-0.1, -0.05) is 91.5 Å². The maximum atomic E-state index is 12.6. The second kappa shape index (κ2) is 10.4. The van der Waals surface area contributed by atoms with Crippen molar-refractivity contribution in [1.82, 2.24) is 0 Å². The molecule has 1 unspecified atom stereocenters. The van der Waals surface area contributed by atoms with Crippen LogP contribution in [-0.4, -0.2) is 12.6 Å². The molecule has 0 saturated carbocycles. The Labute approximate surface area is 173 Å². The van der Waals surface area contributed by atoms with Crippen molar-refractivity contribution in [3.63, 3.8) is 0 Å². The second-order valence-electron chi connectivity index (χ2n) is 7.15. The SMILES string of the molecule is C=C(c1ccc(-c2ccccc2)cc1)C(CCCc1ccccc1)C(=O)OCC. The average Bonchev–Trinajstić information content (AvgIpc) is 2.78. The molecule has 3 rings (SSSR count). The molecule has 0 N–H and O–H groups in total. The standard InChI is InChI=1S/C27H28O2/c1-3-29-27(28)26(16-10-13-22-11-6-4-7-12-22)21(2)23-17-19-25(20-18-23)24-14-8-5-9-15-24/h4-9,11-12,14-15,17-20,26H,2-3,10,13,16H2,1H3. The van der Waals surface area contributed by atoms with Crippen LogP contribution < -0.4 is 0 Å². The third kappa shape index (κ3) is 5.68. The highest BCUT2D eigenvalue weighted by Gasteiger charge is 2.23. The predicted molar refractivity (Wildman–Crippen MR) is 120 cm³/mol. The van der Waals surface area contributed by atoms with E-state index in [1.807, 2.05) is 55.5 Å². The van der Waals surface area contributed by atoms with Gasteiger partial charge in [0.15, 0.2) is 0 Å². The minimum atomic E-state index is -0.318. The lowest BCUT2D eigenvalue weighted by Crippen LogP contribution is -2.19. The zero-order valence-electron chi connectivity index (χ0n) is 17.0. The molecular weight excluding hydrogens is 356 g/mol. The van der Waals surface area contributed by atoms with Gasteiger partial charge in [-0.25, -0.2) is 0 Å². The van der Waals surface area contributed by atoms with Gasteiger partial charge in [-0.15, -0.1) is 0 Å². The third-order valence-corrected chi connectivity index (χ3v) is 5.16. The first-order valence-corrected chi connectivity index (χ1v) is 10.2. The fourth-order valence-corrected chi connectivity index (χ4v) is 3.54. The zero-order valence-corrected chi connectivity index (χ0v) is 17.0. The molecule has 0 fully saturated rings. The van der Waals surface area contributed by atoms with E-state index >= 15 is 0 Å². The minimum Gasteiger partial charge on any atom is -0.466 e. The van der Waals surface area contributed by atoms with Crippen molar-refractivity contribution in [2.24, 2.45) is 5.92 Å². The van der Waals surface area contributed by atoms with Gasteiger partial charge in [0.25, 0.3) is 0 Å². The summed E-state index contributed by atoms with van der Waals surface area (Å²) in [5.41, 5.74) is 5.43. The number of rotatable bonds is 9.